The van der Waals surface area contributed by atoms with Gasteiger partial charge in [0.2, 0.25) is 0 Å². The number of carboxylic acids is 2. The summed E-state index contributed by atoms with van der Waals surface area (Å²) in [5, 5.41) is 28.0. The van der Waals surface area contributed by atoms with E-state index < -0.39 is 23.4 Å². The van der Waals surface area contributed by atoms with E-state index in [1.54, 1.807) is 0 Å². The highest BCUT2D eigenvalue weighted by atomic mass is 16.4. The van der Waals surface area contributed by atoms with E-state index in [1.807, 2.05) is 0 Å². The zero-order chi connectivity index (χ0) is 18.6. The Morgan fingerprint density at radius 3 is 2.25 bits per heavy atom. The van der Waals surface area contributed by atoms with E-state index in [2.05, 4.69) is 12.2 Å². The first kappa shape index (κ1) is 21.7. The van der Waals surface area contributed by atoms with Gasteiger partial charge in [-0.15, -0.1) is 0 Å². The fraction of sp³-hybridized carbons (Fsp3) is 0.588. The molecule has 0 aromatic rings. The molecule has 0 radical (unpaired) electrons. The number of carboxylic acid groups (broad SMARTS) is 3. The lowest BCUT2D eigenvalue weighted by molar-refractivity contribution is -0.145. The Kier molecular flexibility index (Phi) is 10.2. The third-order valence-corrected chi connectivity index (χ3v) is 3.64. The molecular formula is C17H27NO6. The highest BCUT2D eigenvalue weighted by Gasteiger charge is 2.34. The van der Waals surface area contributed by atoms with Gasteiger partial charge in [-0.1, -0.05) is 50.8 Å². The van der Waals surface area contributed by atoms with E-state index in [1.165, 1.54) is 44.4 Å². The Morgan fingerprint density at radius 1 is 1.12 bits per heavy atom. The Labute approximate surface area is 142 Å². The molecule has 136 valence electrons. The molecule has 0 fully saturated rings. The van der Waals surface area contributed by atoms with Crippen LogP contribution in [0.1, 0.15) is 52.4 Å². The van der Waals surface area contributed by atoms with Crippen LogP contribution in [0.5, 0.6) is 0 Å². The molecule has 0 saturated carbocycles. The zero-order valence-electron chi connectivity index (χ0n) is 14.2. The van der Waals surface area contributed by atoms with Gasteiger partial charge in [0.1, 0.15) is 0 Å². The molecule has 1 atom stereocenters. The Balaban J connectivity index is 0.000000449. The van der Waals surface area contributed by atoms with Crippen LogP contribution in [-0.2, 0) is 9.59 Å². The lowest BCUT2D eigenvalue weighted by Crippen LogP contribution is -2.28. The predicted octanol–water partition coefficient (Wildman–Crippen LogP) is 3.27. The number of hydrogen-bond donors (Lipinski definition) is 4. The van der Waals surface area contributed by atoms with Gasteiger partial charge in [-0.25, -0.2) is 9.59 Å². The number of hydrogen-bond acceptors (Lipinski definition) is 3. The quantitative estimate of drug-likeness (QED) is 0.502. The van der Waals surface area contributed by atoms with Crippen LogP contribution in [0.4, 0.5) is 4.79 Å². The van der Waals surface area contributed by atoms with Gasteiger partial charge < -0.3 is 20.6 Å². The van der Waals surface area contributed by atoms with Gasteiger partial charge in [-0.3, -0.25) is 4.79 Å². The number of rotatable bonds is 8. The summed E-state index contributed by atoms with van der Waals surface area (Å²) in [6.07, 6.45) is 9.32. The summed E-state index contributed by atoms with van der Waals surface area (Å²) < 4.78 is 0. The summed E-state index contributed by atoms with van der Waals surface area (Å²) in [7, 11) is 0. The molecule has 0 bridgehead atoms. The molecule has 0 aromatic carbocycles. The average molecular weight is 341 g/mol. The molecule has 1 aliphatic rings. The van der Waals surface area contributed by atoms with Crippen molar-refractivity contribution in [2.45, 2.75) is 52.4 Å². The lowest BCUT2D eigenvalue weighted by atomic mass is 9.80. The van der Waals surface area contributed by atoms with Crippen molar-refractivity contribution in [2.75, 3.05) is 6.54 Å². The summed E-state index contributed by atoms with van der Waals surface area (Å²) in [4.78, 5) is 31.3. The third-order valence-electron chi connectivity index (χ3n) is 3.64. The second-order valence-corrected chi connectivity index (χ2v) is 5.90. The second-order valence-electron chi connectivity index (χ2n) is 5.90. The van der Waals surface area contributed by atoms with Crippen LogP contribution in [0.25, 0.3) is 0 Å². The van der Waals surface area contributed by atoms with Gasteiger partial charge in [0.05, 0.1) is 5.41 Å². The highest BCUT2D eigenvalue weighted by molar-refractivity contribution is 5.90. The van der Waals surface area contributed by atoms with Crippen LogP contribution in [0.3, 0.4) is 0 Å². The fourth-order valence-electron chi connectivity index (χ4n) is 2.11. The van der Waals surface area contributed by atoms with Crippen molar-refractivity contribution in [1.29, 1.82) is 0 Å². The minimum Gasteiger partial charge on any atom is -0.481 e. The molecule has 7 nitrogen and oxygen atoms in total. The lowest BCUT2D eigenvalue weighted by Gasteiger charge is -2.23. The normalized spacial score (nSPS) is 18.8. The molecule has 24 heavy (non-hydrogen) atoms. The topological polar surface area (TPSA) is 124 Å². The van der Waals surface area contributed by atoms with Crippen LogP contribution in [-0.4, -0.2) is 39.9 Å². The highest BCUT2D eigenvalue weighted by Crippen LogP contribution is 2.31. The average Bonchev–Trinajstić information content (AvgIpc) is 2.51. The second kappa shape index (κ2) is 11.3. The third kappa shape index (κ3) is 8.97. The monoisotopic (exact) mass is 341 g/mol. The Bertz CT molecular complexity index is 497. The van der Waals surface area contributed by atoms with Crippen molar-refractivity contribution in [2.24, 2.45) is 5.41 Å². The van der Waals surface area contributed by atoms with Crippen LogP contribution in [0.15, 0.2) is 23.8 Å². The van der Waals surface area contributed by atoms with E-state index in [4.69, 9.17) is 15.3 Å². The maximum atomic E-state index is 10.8. The van der Waals surface area contributed by atoms with E-state index in [0.717, 1.165) is 12.8 Å². The first-order chi connectivity index (χ1) is 11.2. The summed E-state index contributed by atoms with van der Waals surface area (Å²) in [5.74, 6) is -2.06. The maximum absolute atomic E-state index is 10.8. The SMILES string of the molecule is CC1(C(=O)O)C=CC=C(C(=O)O)C1.CCCCCCCNC(=O)O. The van der Waals surface area contributed by atoms with Gasteiger partial charge in [0.25, 0.3) is 0 Å². The molecule has 4 N–H and O–H groups in total. The summed E-state index contributed by atoms with van der Waals surface area (Å²) in [6.45, 7) is 4.26. The van der Waals surface area contributed by atoms with Crippen molar-refractivity contribution in [3.05, 3.63) is 23.8 Å². The van der Waals surface area contributed by atoms with Gasteiger partial charge in [0, 0.05) is 12.1 Å². The van der Waals surface area contributed by atoms with E-state index >= 15 is 0 Å². The summed E-state index contributed by atoms with van der Waals surface area (Å²) in [5.41, 5.74) is -0.949. The van der Waals surface area contributed by atoms with Crippen molar-refractivity contribution in [3.63, 3.8) is 0 Å². The number of carbonyl (C=O) groups is 3. The van der Waals surface area contributed by atoms with Crippen LogP contribution in [0, 0.1) is 5.41 Å². The number of nitrogens with one attached hydrogen (secondary N) is 1. The minimum atomic E-state index is -1.08. The molecule has 0 saturated heterocycles. The molecule has 1 rings (SSSR count). The number of allylic oxidation sites excluding steroid dienone is 2. The zero-order valence-corrected chi connectivity index (χ0v) is 14.2. The summed E-state index contributed by atoms with van der Waals surface area (Å²) in [6, 6.07) is 0. The van der Waals surface area contributed by atoms with Crippen molar-refractivity contribution in [1.82, 2.24) is 5.32 Å². The van der Waals surface area contributed by atoms with Gasteiger partial charge in [-0.05, 0) is 19.8 Å². The van der Waals surface area contributed by atoms with Crippen LogP contribution >= 0.6 is 0 Å². The van der Waals surface area contributed by atoms with Gasteiger partial charge >= 0.3 is 18.0 Å². The molecule has 1 aliphatic carbocycles. The van der Waals surface area contributed by atoms with Crippen LogP contribution < -0.4 is 5.32 Å². The van der Waals surface area contributed by atoms with E-state index in [-0.39, 0.29) is 12.0 Å². The van der Waals surface area contributed by atoms with Gasteiger partial charge in [-0.2, -0.15) is 0 Å². The number of amides is 1. The first-order valence-electron chi connectivity index (χ1n) is 8.04. The standard InChI is InChI=1S/C9H10O4.C8H17NO2/c1-9(8(12)13)4-2-3-6(5-9)7(10)11;1-2-3-4-5-6-7-9-8(10)11/h2-4H,5H2,1H3,(H,10,11)(H,12,13);9H,2-7H2,1H3,(H,10,11). The van der Waals surface area contributed by atoms with E-state index in [0.29, 0.717) is 6.54 Å². The fourth-order valence-corrected chi connectivity index (χ4v) is 2.11. The predicted molar refractivity (Wildman–Crippen MR) is 90.0 cm³/mol. The molecule has 0 aliphatic heterocycles. The number of unbranched alkanes of at least 4 members (excludes halogenated alkanes) is 4. The maximum Gasteiger partial charge on any atom is 0.404 e. The molecule has 0 aromatic heterocycles. The minimum absolute atomic E-state index is 0.0359. The van der Waals surface area contributed by atoms with Crippen molar-refractivity contribution in [3.8, 4) is 0 Å². The smallest absolute Gasteiger partial charge is 0.404 e. The van der Waals surface area contributed by atoms with Crippen LogP contribution in [0.2, 0.25) is 0 Å². The van der Waals surface area contributed by atoms with Crippen molar-refractivity contribution < 1.29 is 29.7 Å². The molecule has 1 amide bonds. The molecule has 0 spiro atoms. The molecule has 1 unspecified atom stereocenters. The molecule has 7 heteroatoms. The van der Waals surface area contributed by atoms with Gasteiger partial charge in [0.15, 0.2) is 0 Å². The molecule has 0 heterocycles. The summed E-state index contributed by atoms with van der Waals surface area (Å²) >= 11 is 0. The largest absolute Gasteiger partial charge is 0.481 e. The van der Waals surface area contributed by atoms with E-state index in [9.17, 15) is 14.4 Å². The molecular weight excluding hydrogens is 314 g/mol. The first-order valence-corrected chi connectivity index (χ1v) is 8.04. The Hall–Kier alpha value is -2.31. The Morgan fingerprint density at radius 2 is 1.75 bits per heavy atom. The number of aliphatic carboxylic acids is 2. The van der Waals surface area contributed by atoms with Crippen molar-refractivity contribution >= 4 is 18.0 Å².